The van der Waals surface area contributed by atoms with Gasteiger partial charge in [0.2, 0.25) is 0 Å². The summed E-state index contributed by atoms with van der Waals surface area (Å²) in [5, 5.41) is 8.49. The number of pyridine rings is 1. The molecule has 0 unspecified atom stereocenters. The van der Waals surface area contributed by atoms with E-state index in [1.807, 2.05) is 6.07 Å². The van der Waals surface area contributed by atoms with E-state index in [-0.39, 0.29) is 11.4 Å². The smallest absolute Gasteiger partial charge is 0.167 e. The Bertz CT molecular complexity index is 303. The Morgan fingerprint density at radius 3 is 3.00 bits per heavy atom. The molecule has 0 amide bonds. The van der Waals surface area contributed by atoms with Gasteiger partial charge in [-0.05, 0) is 0 Å². The second-order valence-electron chi connectivity index (χ2n) is 1.89. The number of nitrogens with zero attached hydrogens (tertiary/aromatic N) is 2. The maximum absolute atomic E-state index is 8.49. The summed E-state index contributed by atoms with van der Waals surface area (Å²) in [5.41, 5.74) is 5.98. The van der Waals surface area contributed by atoms with E-state index < -0.39 is 0 Å². The van der Waals surface area contributed by atoms with Crippen LogP contribution in [0.5, 0.6) is 5.75 Å². The summed E-state index contributed by atoms with van der Waals surface area (Å²) in [6, 6.07) is 3.46. The quantitative estimate of drug-likeness (QED) is 0.632. The molecule has 4 heteroatoms. The molecule has 0 aromatic carbocycles. The Morgan fingerprint density at radius 2 is 2.45 bits per heavy atom. The highest BCUT2D eigenvalue weighted by Gasteiger charge is 2.03. The molecule has 0 aliphatic heterocycles. The SMILES string of the molecule is COc1ccnc(C#N)c1N. The van der Waals surface area contributed by atoms with Gasteiger partial charge < -0.3 is 10.5 Å². The average molecular weight is 149 g/mol. The van der Waals surface area contributed by atoms with E-state index >= 15 is 0 Å². The summed E-state index contributed by atoms with van der Waals surface area (Å²) in [6.07, 6.45) is 1.48. The molecule has 1 aromatic rings. The summed E-state index contributed by atoms with van der Waals surface area (Å²) in [6.45, 7) is 0. The number of anilines is 1. The third kappa shape index (κ3) is 1.22. The molecular weight excluding hydrogens is 142 g/mol. The van der Waals surface area contributed by atoms with Gasteiger partial charge in [-0.25, -0.2) is 4.98 Å². The van der Waals surface area contributed by atoms with E-state index in [4.69, 9.17) is 15.7 Å². The first-order valence-corrected chi connectivity index (χ1v) is 2.98. The number of hydrogen-bond acceptors (Lipinski definition) is 4. The van der Waals surface area contributed by atoms with Crippen LogP contribution in [0.1, 0.15) is 5.69 Å². The van der Waals surface area contributed by atoms with Crippen molar-refractivity contribution in [1.82, 2.24) is 4.98 Å². The molecule has 1 rings (SSSR count). The van der Waals surface area contributed by atoms with Gasteiger partial charge >= 0.3 is 0 Å². The number of nitrogens with two attached hydrogens (primary N) is 1. The highest BCUT2D eigenvalue weighted by Crippen LogP contribution is 2.21. The van der Waals surface area contributed by atoms with Gasteiger partial charge in [0.1, 0.15) is 17.5 Å². The molecule has 11 heavy (non-hydrogen) atoms. The van der Waals surface area contributed by atoms with Gasteiger partial charge in [-0.1, -0.05) is 0 Å². The minimum absolute atomic E-state index is 0.198. The number of nitriles is 1. The maximum Gasteiger partial charge on any atom is 0.167 e. The Labute approximate surface area is 64.2 Å². The Hall–Kier alpha value is -1.76. The van der Waals surface area contributed by atoms with E-state index in [9.17, 15) is 0 Å². The first kappa shape index (κ1) is 7.35. The van der Waals surface area contributed by atoms with Gasteiger partial charge in [-0.3, -0.25) is 0 Å². The molecule has 0 bridgehead atoms. The fourth-order valence-corrected chi connectivity index (χ4v) is 0.723. The van der Waals surface area contributed by atoms with Crippen LogP contribution in [0.25, 0.3) is 0 Å². The largest absolute Gasteiger partial charge is 0.494 e. The van der Waals surface area contributed by atoms with E-state index in [0.717, 1.165) is 0 Å². The predicted octanol–water partition coefficient (Wildman–Crippen LogP) is 0.544. The Kier molecular flexibility index (Phi) is 1.93. The summed E-state index contributed by atoms with van der Waals surface area (Å²) in [4.78, 5) is 3.74. The zero-order valence-electron chi connectivity index (χ0n) is 6.03. The zero-order valence-corrected chi connectivity index (χ0v) is 6.03. The summed E-state index contributed by atoms with van der Waals surface area (Å²) >= 11 is 0. The van der Waals surface area contributed by atoms with Crippen LogP contribution in [0.3, 0.4) is 0 Å². The van der Waals surface area contributed by atoms with Gasteiger partial charge in [-0.2, -0.15) is 5.26 Å². The van der Waals surface area contributed by atoms with Crippen molar-refractivity contribution >= 4 is 5.69 Å². The lowest BCUT2D eigenvalue weighted by Gasteiger charge is -2.02. The average Bonchev–Trinajstić information content (AvgIpc) is 2.05. The second kappa shape index (κ2) is 2.88. The molecule has 2 N–H and O–H groups in total. The standard InChI is InChI=1S/C7H7N3O/c1-11-6-2-3-10-5(4-8)7(6)9/h2-3H,9H2,1H3. The first-order chi connectivity index (χ1) is 5.29. The van der Waals surface area contributed by atoms with Crippen molar-refractivity contribution in [2.75, 3.05) is 12.8 Å². The van der Waals surface area contributed by atoms with E-state index in [1.54, 1.807) is 6.07 Å². The molecule has 0 aliphatic carbocycles. The molecular formula is C7H7N3O. The van der Waals surface area contributed by atoms with Crippen LogP contribution in [-0.2, 0) is 0 Å². The molecule has 0 fully saturated rings. The van der Waals surface area contributed by atoms with Crippen LogP contribution in [-0.4, -0.2) is 12.1 Å². The number of aromatic nitrogens is 1. The van der Waals surface area contributed by atoms with Crippen molar-refractivity contribution in [2.24, 2.45) is 0 Å². The molecule has 0 aliphatic rings. The highest BCUT2D eigenvalue weighted by molar-refractivity contribution is 5.59. The monoisotopic (exact) mass is 149 g/mol. The normalized spacial score (nSPS) is 8.73. The van der Waals surface area contributed by atoms with Gasteiger partial charge in [0.05, 0.1) is 7.11 Å². The van der Waals surface area contributed by atoms with Crippen molar-refractivity contribution < 1.29 is 4.74 Å². The van der Waals surface area contributed by atoms with E-state index in [2.05, 4.69) is 4.98 Å². The van der Waals surface area contributed by atoms with Gasteiger partial charge in [0.25, 0.3) is 0 Å². The van der Waals surface area contributed by atoms with Gasteiger partial charge in [0, 0.05) is 12.3 Å². The number of hydrogen-bond donors (Lipinski definition) is 1. The molecule has 0 spiro atoms. The zero-order chi connectivity index (χ0) is 8.27. The maximum atomic E-state index is 8.49. The van der Waals surface area contributed by atoms with Crippen molar-refractivity contribution in [3.05, 3.63) is 18.0 Å². The summed E-state index contributed by atoms with van der Waals surface area (Å²) < 4.78 is 4.87. The minimum atomic E-state index is 0.198. The van der Waals surface area contributed by atoms with Gasteiger partial charge in [-0.15, -0.1) is 0 Å². The Balaban J connectivity index is 3.23. The van der Waals surface area contributed by atoms with E-state index in [0.29, 0.717) is 5.75 Å². The van der Waals surface area contributed by atoms with Crippen LogP contribution in [0, 0.1) is 11.3 Å². The topological polar surface area (TPSA) is 71.9 Å². The molecule has 1 heterocycles. The third-order valence-corrected chi connectivity index (χ3v) is 1.28. The number of ether oxygens (including phenoxy) is 1. The fraction of sp³-hybridized carbons (Fsp3) is 0.143. The van der Waals surface area contributed by atoms with Crippen LogP contribution in [0.15, 0.2) is 12.3 Å². The summed E-state index contributed by atoms with van der Waals surface area (Å²) in [5.74, 6) is 0.483. The molecule has 0 atom stereocenters. The van der Waals surface area contributed by atoms with Crippen molar-refractivity contribution in [1.29, 1.82) is 5.26 Å². The molecule has 0 radical (unpaired) electrons. The molecule has 0 saturated carbocycles. The minimum Gasteiger partial charge on any atom is -0.494 e. The highest BCUT2D eigenvalue weighted by atomic mass is 16.5. The lowest BCUT2D eigenvalue weighted by atomic mass is 10.3. The van der Waals surface area contributed by atoms with Crippen molar-refractivity contribution in [3.63, 3.8) is 0 Å². The lowest BCUT2D eigenvalue weighted by Crippen LogP contribution is -1.97. The number of rotatable bonds is 1. The number of methoxy groups -OCH3 is 1. The number of nitrogen functional groups attached to an aromatic ring is 1. The fourth-order valence-electron chi connectivity index (χ4n) is 0.723. The van der Waals surface area contributed by atoms with Crippen LogP contribution in [0.4, 0.5) is 5.69 Å². The van der Waals surface area contributed by atoms with Crippen LogP contribution < -0.4 is 10.5 Å². The molecule has 0 saturated heterocycles. The van der Waals surface area contributed by atoms with Gasteiger partial charge in [0.15, 0.2) is 5.69 Å². The van der Waals surface area contributed by atoms with E-state index in [1.165, 1.54) is 13.3 Å². The second-order valence-corrected chi connectivity index (χ2v) is 1.89. The molecule has 4 nitrogen and oxygen atoms in total. The van der Waals surface area contributed by atoms with Crippen molar-refractivity contribution in [3.8, 4) is 11.8 Å². The first-order valence-electron chi connectivity index (χ1n) is 2.98. The van der Waals surface area contributed by atoms with Crippen LogP contribution in [0.2, 0.25) is 0 Å². The lowest BCUT2D eigenvalue weighted by molar-refractivity contribution is 0.416. The summed E-state index contributed by atoms with van der Waals surface area (Å²) in [7, 11) is 1.49. The Morgan fingerprint density at radius 1 is 1.73 bits per heavy atom. The van der Waals surface area contributed by atoms with Crippen LogP contribution >= 0.6 is 0 Å². The molecule has 1 aromatic heterocycles. The predicted molar refractivity (Wildman–Crippen MR) is 39.9 cm³/mol. The van der Waals surface area contributed by atoms with Crippen molar-refractivity contribution in [2.45, 2.75) is 0 Å². The molecule has 56 valence electrons. The third-order valence-electron chi connectivity index (χ3n) is 1.28.